The van der Waals surface area contributed by atoms with Gasteiger partial charge in [0.15, 0.2) is 17.3 Å². The summed E-state index contributed by atoms with van der Waals surface area (Å²) in [5.41, 5.74) is 1.96. The molecular weight excluding hydrogens is 486 g/mol. The maximum absolute atomic E-state index is 10.7. The Labute approximate surface area is 221 Å². The first-order valence-electron chi connectivity index (χ1n) is 13.3. The maximum atomic E-state index is 10.7. The molecule has 0 unspecified atom stereocenters. The molecule has 2 aromatic carbocycles. The van der Waals surface area contributed by atoms with Crippen molar-refractivity contribution in [1.82, 2.24) is 15.1 Å². The summed E-state index contributed by atoms with van der Waals surface area (Å²) in [7, 11) is 0. The van der Waals surface area contributed by atoms with E-state index >= 15 is 0 Å². The van der Waals surface area contributed by atoms with Gasteiger partial charge in [0.25, 0.3) is 5.89 Å². The molecule has 1 N–H and O–H groups in total. The number of benzene rings is 2. The Bertz CT molecular complexity index is 1390. The quantitative estimate of drug-likeness (QED) is 0.326. The van der Waals surface area contributed by atoms with Crippen molar-refractivity contribution in [2.75, 3.05) is 33.0 Å². The Morgan fingerprint density at radius 2 is 1.87 bits per heavy atom. The smallest absolute Gasteiger partial charge is 0.283 e. The molecule has 9 nitrogen and oxygen atoms in total. The summed E-state index contributed by atoms with van der Waals surface area (Å²) in [4.78, 5) is 2.30. The number of β-amino-alcohol motifs (C(OH)–C–C–N with tert-alkyl or cyclic N) is 1. The second kappa shape index (κ2) is 10.7. The molecule has 200 valence electrons. The summed E-state index contributed by atoms with van der Waals surface area (Å²) in [6.07, 6.45) is 2.20. The lowest BCUT2D eigenvalue weighted by molar-refractivity contribution is 0.0599. The van der Waals surface area contributed by atoms with Gasteiger partial charge in [-0.15, -0.1) is 10.2 Å². The zero-order valence-electron chi connectivity index (χ0n) is 21.8. The first kappa shape index (κ1) is 24.8. The Kier molecular flexibility index (Phi) is 6.95. The molecule has 1 saturated heterocycles. The number of hydrogen-bond acceptors (Lipinski definition) is 9. The number of hydrogen-bond donors (Lipinski definition) is 1. The van der Waals surface area contributed by atoms with Crippen LogP contribution in [0.25, 0.3) is 22.6 Å². The third-order valence-corrected chi connectivity index (χ3v) is 7.14. The van der Waals surface area contributed by atoms with Crippen LogP contribution >= 0.6 is 0 Å². The van der Waals surface area contributed by atoms with Crippen molar-refractivity contribution in [2.45, 2.75) is 45.1 Å². The van der Waals surface area contributed by atoms with E-state index in [2.05, 4.69) is 41.1 Å². The Morgan fingerprint density at radius 3 is 2.71 bits per heavy atom. The van der Waals surface area contributed by atoms with Gasteiger partial charge < -0.3 is 33.1 Å². The number of ether oxygens (including phenoxy) is 3. The van der Waals surface area contributed by atoms with Crippen molar-refractivity contribution in [2.24, 2.45) is 5.92 Å². The van der Waals surface area contributed by atoms with Crippen molar-refractivity contribution < 1.29 is 28.2 Å². The molecule has 2 aliphatic heterocycles. The third kappa shape index (κ3) is 5.35. The van der Waals surface area contributed by atoms with E-state index in [1.807, 2.05) is 30.3 Å². The average Bonchev–Trinajstić information content (AvgIpc) is 3.66. The van der Waals surface area contributed by atoms with Crippen LogP contribution in [0.15, 0.2) is 51.3 Å². The monoisotopic (exact) mass is 519 g/mol. The number of rotatable bonds is 9. The Hall–Kier alpha value is -3.56. The van der Waals surface area contributed by atoms with E-state index in [9.17, 15) is 5.11 Å². The summed E-state index contributed by atoms with van der Waals surface area (Å²) in [5.74, 6) is 4.67. The van der Waals surface area contributed by atoms with Crippen molar-refractivity contribution in [3.8, 4) is 28.9 Å². The molecule has 38 heavy (non-hydrogen) atoms. The van der Waals surface area contributed by atoms with Crippen LogP contribution in [0.1, 0.15) is 44.1 Å². The minimum atomic E-state index is -0.603. The molecule has 6 rings (SSSR count). The second-order valence-electron chi connectivity index (χ2n) is 10.5. The lowest BCUT2D eigenvalue weighted by Gasteiger charge is -2.33. The molecule has 4 aromatic rings. The number of piperidine rings is 1. The van der Waals surface area contributed by atoms with Crippen molar-refractivity contribution >= 4 is 11.0 Å². The first-order valence-corrected chi connectivity index (χ1v) is 13.3. The summed E-state index contributed by atoms with van der Waals surface area (Å²) in [5, 5.41) is 19.8. The van der Waals surface area contributed by atoms with E-state index in [0.717, 1.165) is 49.2 Å². The summed E-state index contributed by atoms with van der Waals surface area (Å²) >= 11 is 0. The van der Waals surface area contributed by atoms with Crippen LogP contribution < -0.4 is 14.2 Å². The molecule has 1 fully saturated rings. The van der Waals surface area contributed by atoms with E-state index in [1.54, 1.807) is 0 Å². The van der Waals surface area contributed by atoms with E-state index in [1.165, 1.54) is 5.56 Å². The van der Waals surface area contributed by atoms with Gasteiger partial charge in [0.2, 0.25) is 12.7 Å². The number of aromatic nitrogens is 2. The summed E-state index contributed by atoms with van der Waals surface area (Å²) in [6, 6.07) is 13.7. The van der Waals surface area contributed by atoms with Gasteiger partial charge in [0, 0.05) is 19.0 Å². The molecule has 0 amide bonds. The highest BCUT2D eigenvalue weighted by Gasteiger charge is 2.24. The van der Waals surface area contributed by atoms with Gasteiger partial charge in [-0.05, 0) is 67.6 Å². The minimum absolute atomic E-state index is 0.195. The molecule has 2 aromatic heterocycles. The molecule has 0 spiro atoms. The highest BCUT2D eigenvalue weighted by atomic mass is 16.7. The number of furan rings is 1. The molecular formula is C29H33N3O6. The number of aliphatic hydroxyl groups is 1. The van der Waals surface area contributed by atoms with Gasteiger partial charge >= 0.3 is 0 Å². The maximum Gasteiger partial charge on any atom is 0.283 e. The summed E-state index contributed by atoms with van der Waals surface area (Å²) < 4.78 is 28.7. The van der Waals surface area contributed by atoms with Crippen LogP contribution in [-0.2, 0) is 6.42 Å². The molecule has 9 heteroatoms. The predicted molar refractivity (Wildman–Crippen MR) is 141 cm³/mol. The highest BCUT2D eigenvalue weighted by Crippen LogP contribution is 2.37. The van der Waals surface area contributed by atoms with Gasteiger partial charge in [0.1, 0.15) is 24.0 Å². The van der Waals surface area contributed by atoms with Crippen molar-refractivity contribution in [3.05, 3.63) is 53.9 Å². The largest absolute Gasteiger partial charge is 0.490 e. The fourth-order valence-corrected chi connectivity index (χ4v) is 5.20. The lowest BCUT2D eigenvalue weighted by Crippen LogP contribution is -2.40. The van der Waals surface area contributed by atoms with Crippen LogP contribution in [0, 0.1) is 5.92 Å². The molecule has 0 saturated carbocycles. The SMILES string of the molecule is CC(C)Cc1nnc(-c2cc3c(OC[C@@H](O)CN4CCC(c5ccc6c(c5)OCO6)CC4)cccc3o2)o1. The zero-order chi connectivity index (χ0) is 26.1. The fourth-order valence-electron chi connectivity index (χ4n) is 5.20. The minimum Gasteiger partial charge on any atom is -0.490 e. The topological polar surface area (TPSA) is 103 Å². The molecule has 0 radical (unpaired) electrons. The van der Waals surface area contributed by atoms with Crippen LogP contribution in [-0.4, -0.2) is 59.3 Å². The normalized spacial score (nSPS) is 16.9. The second-order valence-corrected chi connectivity index (χ2v) is 10.5. The summed E-state index contributed by atoms with van der Waals surface area (Å²) in [6.45, 7) is 7.13. The van der Waals surface area contributed by atoms with Gasteiger partial charge in [-0.3, -0.25) is 0 Å². The molecule has 1 atom stereocenters. The average molecular weight is 520 g/mol. The first-order chi connectivity index (χ1) is 18.5. The van der Waals surface area contributed by atoms with Crippen LogP contribution in [0.5, 0.6) is 17.2 Å². The zero-order valence-corrected chi connectivity index (χ0v) is 21.8. The molecule has 2 aliphatic rings. The van der Waals surface area contributed by atoms with Gasteiger partial charge in [-0.2, -0.15) is 0 Å². The predicted octanol–water partition coefficient (Wildman–Crippen LogP) is 5.03. The standard InChI is InChI=1S/C29H33N3O6/c1-18(2)12-28-30-31-29(38-28)27-14-22-23(4-3-5-24(22)37-27)34-16-21(33)15-32-10-8-19(9-11-32)20-6-7-25-26(13-20)36-17-35-25/h3-7,13-14,18-19,21,33H,8-12,15-17H2,1-2H3/t21-/m0/s1. The van der Waals surface area contributed by atoms with Gasteiger partial charge in [0.05, 0.1) is 5.39 Å². The Balaban J connectivity index is 1.03. The van der Waals surface area contributed by atoms with Crippen molar-refractivity contribution in [1.29, 1.82) is 0 Å². The number of likely N-dealkylation sites (tertiary alicyclic amines) is 1. The number of nitrogens with zero attached hydrogens (tertiary/aromatic N) is 3. The molecule has 0 aliphatic carbocycles. The lowest BCUT2D eigenvalue weighted by atomic mass is 9.89. The molecule has 4 heterocycles. The van der Waals surface area contributed by atoms with E-state index in [0.29, 0.717) is 54.0 Å². The third-order valence-electron chi connectivity index (χ3n) is 7.14. The van der Waals surface area contributed by atoms with E-state index < -0.39 is 6.10 Å². The Morgan fingerprint density at radius 1 is 1.03 bits per heavy atom. The van der Waals surface area contributed by atoms with E-state index in [4.69, 9.17) is 23.0 Å². The van der Waals surface area contributed by atoms with Gasteiger partial charge in [-0.25, -0.2) is 0 Å². The van der Waals surface area contributed by atoms with Crippen LogP contribution in [0.3, 0.4) is 0 Å². The van der Waals surface area contributed by atoms with Crippen molar-refractivity contribution in [3.63, 3.8) is 0 Å². The fraction of sp³-hybridized carbons (Fsp3) is 0.448. The molecule has 0 bridgehead atoms. The van der Waals surface area contributed by atoms with E-state index in [-0.39, 0.29) is 6.61 Å². The highest BCUT2D eigenvalue weighted by molar-refractivity contribution is 5.87. The number of aliphatic hydroxyl groups excluding tert-OH is 1. The van der Waals surface area contributed by atoms with Crippen LogP contribution in [0.2, 0.25) is 0 Å². The van der Waals surface area contributed by atoms with Crippen LogP contribution in [0.4, 0.5) is 0 Å². The number of fused-ring (bicyclic) bond motifs is 2. The van der Waals surface area contributed by atoms with Gasteiger partial charge in [-0.1, -0.05) is 26.0 Å².